The zero-order chi connectivity index (χ0) is 39.3. The second-order valence-electron chi connectivity index (χ2n) is 14.8. The molecule has 1 unspecified atom stereocenters. The Morgan fingerprint density at radius 1 is 0.444 bits per heavy atom. The summed E-state index contributed by atoms with van der Waals surface area (Å²) in [6, 6.07) is 0. The third-order valence-electron chi connectivity index (χ3n) is 9.51. The summed E-state index contributed by atoms with van der Waals surface area (Å²) in [6.45, 7) is 4.00. The molecule has 0 saturated heterocycles. The fraction of sp³-hybridized carbons (Fsp3) is 0.714. The minimum Gasteiger partial charge on any atom is -0.462 e. The number of hydrogen-bond donors (Lipinski definition) is 1. The van der Waals surface area contributed by atoms with Crippen molar-refractivity contribution in [1.29, 1.82) is 0 Å². The molecule has 0 heterocycles. The summed E-state index contributed by atoms with van der Waals surface area (Å²) >= 11 is 0. The van der Waals surface area contributed by atoms with Gasteiger partial charge in [-0.2, -0.15) is 0 Å². The summed E-state index contributed by atoms with van der Waals surface area (Å²) in [4.78, 5) is 24.2. The van der Waals surface area contributed by atoms with Crippen molar-refractivity contribution < 1.29 is 24.2 Å². The van der Waals surface area contributed by atoms with Gasteiger partial charge in [0, 0.05) is 12.8 Å². The zero-order valence-corrected chi connectivity index (χ0v) is 35.2. The number of aliphatic hydroxyl groups excluding tert-OH is 1. The minimum absolute atomic E-state index is 0.0666. The molecular formula is C49H84O5. The normalized spacial score (nSPS) is 12.9. The Balaban J connectivity index is 3.51. The molecule has 0 saturated carbocycles. The Morgan fingerprint density at radius 3 is 1.20 bits per heavy atom. The van der Waals surface area contributed by atoms with Crippen LogP contribution in [0.3, 0.4) is 0 Å². The predicted octanol–water partition coefficient (Wildman–Crippen LogP) is 14.5. The Bertz CT molecular complexity index is 988. The van der Waals surface area contributed by atoms with Crippen molar-refractivity contribution in [2.75, 3.05) is 13.2 Å². The molecular weight excluding hydrogens is 669 g/mol. The van der Waals surface area contributed by atoms with E-state index in [4.69, 9.17) is 9.47 Å². The molecule has 0 aromatic carbocycles. The summed E-state index contributed by atoms with van der Waals surface area (Å²) in [7, 11) is 0. The minimum atomic E-state index is -0.771. The van der Waals surface area contributed by atoms with Crippen molar-refractivity contribution >= 4 is 11.9 Å². The molecule has 0 radical (unpaired) electrons. The van der Waals surface area contributed by atoms with Gasteiger partial charge in [-0.25, -0.2) is 0 Å². The van der Waals surface area contributed by atoms with Crippen LogP contribution in [0.5, 0.6) is 0 Å². The van der Waals surface area contributed by atoms with E-state index in [0.29, 0.717) is 12.8 Å². The number of hydrogen-bond acceptors (Lipinski definition) is 5. The van der Waals surface area contributed by atoms with Crippen molar-refractivity contribution in [3.05, 3.63) is 72.9 Å². The molecule has 0 aromatic rings. The molecule has 5 nitrogen and oxygen atoms in total. The quantitative estimate of drug-likeness (QED) is 0.0383. The lowest BCUT2D eigenvalue weighted by molar-refractivity contribution is -0.161. The van der Waals surface area contributed by atoms with Crippen LogP contribution in [0, 0.1) is 0 Å². The maximum Gasteiger partial charge on any atom is 0.306 e. The van der Waals surface area contributed by atoms with E-state index >= 15 is 0 Å². The molecule has 0 spiro atoms. The SMILES string of the molecule is CC/C=C\C/C=C\C/C=C\C/C=C\C/C=C\C/C=C\CCCCCCCCCCCCCCC(=O)OC(CO)COC(=O)CCCCCCCCCCC. The first-order chi connectivity index (χ1) is 26.6. The van der Waals surface area contributed by atoms with E-state index in [9.17, 15) is 14.7 Å². The molecule has 54 heavy (non-hydrogen) atoms. The predicted molar refractivity (Wildman–Crippen MR) is 233 cm³/mol. The fourth-order valence-corrected chi connectivity index (χ4v) is 6.15. The largest absolute Gasteiger partial charge is 0.462 e. The molecule has 1 N–H and O–H groups in total. The van der Waals surface area contributed by atoms with Crippen LogP contribution in [0.15, 0.2) is 72.9 Å². The first kappa shape index (κ1) is 51.3. The summed E-state index contributed by atoms with van der Waals surface area (Å²) in [5.41, 5.74) is 0. The third-order valence-corrected chi connectivity index (χ3v) is 9.51. The molecule has 1 atom stereocenters. The second-order valence-corrected chi connectivity index (χ2v) is 14.8. The van der Waals surface area contributed by atoms with Gasteiger partial charge < -0.3 is 14.6 Å². The van der Waals surface area contributed by atoms with Gasteiger partial charge in [-0.3, -0.25) is 9.59 Å². The van der Waals surface area contributed by atoms with E-state index in [2.05, 4.69) is 86.8 Å². The van der Waals surface area contributed by atoms with Gasteiger partial charge in [-0.05, 0) is 64.2 Å². The molecule has 0 aliphatic heterocycles. The Hall–Kier alpha value is -2.66. The van der Waals surface area contributed by atoms with Gasteiger partial charge in [-0.15, -0.1) is 0 Å². The van der Waals surface area contributed by atoms with Crippen molar-refractivity contribution in [2.24, 2.45) is 0 Å². The van der Waals surface area contributed by atoms with Gasteiger partial charge in [0.2, 0.25) is 0 Å². The van der Waals surface area contributed by atoms with Gasteiger partial charge in [-0.1, -0.05) is 202 Å². The van der Waals surface area contributed by atoms with E-state index in [1.54, 1.807) is 0 Å². The number of esters is 2. The topological polar surface area (TPSA) is 72.8 Å². The lowest BCUT2D eigenvalue weighted by Crippen LogP contribution is -2.28. The average Bonchev–Trinajstić information content (AvgIpc) is 3.17. The lowest BCUT2D eigenvalue weighted by atomic mass is 10.0. The zero-order valence-electron chi connectivity index (χ0n) is 35.2. The molecule has 310 valence electrons. The molecule has 0 aromatic heterocycles. The van der Waals surface area contributed by atoms with Crippen LogP contribution >= 0.6 is 0 Å². The van der Waals surface area contributed by atoms with Crippen molar-refractivity contribution in [2.45, 2.75) is 213 Å². The molecule has 0 aliphatic carbocycles. The summed E-state index contributed by atoms with van der Waals surface area (Å²) in [5, 5.41) is 9.55. The maximum atomic E-state index is 12.2. The number of aliphatic hydroxyl groups is 1. The van der Waals surface area contributed by atoms with Gasteiger partial charge in [0.15, 0.2) is 6.10 Å². The number of carbonyl (C=O) groups excluding carboxylic acids is 2. The summed E-state index contributed by atoms with van der Waals surface area (Å²) in [6.07, 6.45) is 59.9. The number of allylic oxidation sites excluding steroid dienone is 12. The van der Waals surface area contributed by atoms with Crippen LogP contribution in [0.4, 0.5) is 0 Å². The lowest BCUT2D eigenvalue weighted by Gasteiger charge is -2.15. The molecule has 0 amide bonds. The molecule has 0 aliphatic rings. The van der Waals surface area contributed by atoms with E-state index in [-0.39, 0.29) is 25.2 Å². The highest BCUT2D eigenvalue weighted by atomic mass is 16.6. The summed E-state index contributed by atoms with van der Waals surface area (Å²) < 4.78 is 10.6. The van der Waals surface area contributed by atoms with Gasteiger partial charge in [0.25, 0.3) is 0 Å². The first-order valence-corrected chi connectivity index (χ1v) is 22.5. The van der Waals surface area contributed by atoms with Crippen molar-refractivity contribution in [3.8, 4) is 0 Å². The molecule has 0 fully saturated rings. The fourth-order valence-electron chi connectivity index (χ4n) is 6.15. The molecule has 0 bridgehead atoms. The monoisotopic (exact) mass is 753 g/mol. The van der Waals surface area contributed by atoms with E-state index in [0.717, 1.165) is 77.0 Å². The van der Waals surface area contributed by atoms with Crippen LogP contribution in [0.2, 0.25) is 0 Å². The highest BCUT2D eigenvalue weighted by molar-refractivity contribution is 5.70. The highest BCUT2D eigenvalue weighted by Gasteiger charge is 2.16. The van der Waals surface area contributed by atoms with Crippen LogP contribution < -0.4 is 0 Å². The highest BCUT2D eigenvalue weighted by Crippen LogP contribution is 2.14. The van der Waals surface area contributed by atoms with Gasteiger partial charge in [0.1, 0.15) is 6.61 Å². The average molecular weight is 753 g/mol. The Kier molecular flexibility index (Phi) is 42.5. The number of unbranched alkanes of at least 4 members (excludes halogenated alkanes) is 20. The van der Waals surface area contributed by atoms with Crippen LogP contribution in [0.25, 0.3) is 0 Å². The van der Waals surface area contributed by atoms with Crippen LogP contribution in [-0.2, 0) is 19.1 Å². The van der Waals surface area contributed by atoms with Crippen LogP contribution in [0.1, 0.15) is 206 Å². The second kappa shape index (κ2) is 44.7. The van der Waals surface area contributed by atoms with E-state index in [1.807, 2.05) is 0 Å². The standard InChI is InChI=1S/C49H84O5/c1-3-5-7-9-11-13-14-15-16-17-18-19-20-21-22-23-24-25-26-27-28-29-30-31-32-33-34-36-38-40-42-44-49(52)54-47(45-50)46-53-48(51)43-41-39-37-35-12-10-8-6-4-2/h5,7,11,13,15-16,18-19,21-22,24-25,47,50H,3-4,6,8-10,12,14,17,20,23,26-46H2,1-2H3/b7-5-,13-11-,16-15-,19-18-,22-21-,25-24-. The van der Waals surface area contributed by atoms with Crippen LogP contribution in [-0.4, -0.2) is 36.4 Å². The van der Waals surface area contributed by atoms with Gasteiger partial charge in [0.05, 0.1) is 6.61 Å². The van der Waals surface area contributed by atoms with Gasteiger partial charge >= 0.3 is 11.9 Å². The van der Waals surface area contributed by atoms with Crippen molar-refractivity contribution in [3.63, 3.8) is 0 Å². The van der Waals surface area contributed by atoms with Crippen molar-refractivity contribution in [1.82, 2.24) is 0 Å². The summed E-state index contributed by atoms with van der Waals surface area (Å²) in [5.74, 6) is -0.596. The smallest absolute Gasteiger partial charge is 0.306 e. The molecule has 0 rings (SSSR count). The van der Waals surface area contributed by atoms with E-state index in [1.165, 1.54) is 103 Å². The number of ether oxygens (including phenoxy) is 2. The Labute approximate surface area is 333 Å². The molecule has 5 heteroatoms. The Morgan fingerprint density at radius 2 is 0.796 bits per heavy atom. The van der Waals surface area contributed by atoms with E-state index < -0.39 is 6.10 Å². The number of rotatable bonds is 40. The number of carbonyl (C=O) groups is 2. The first-order valence-electron chi connectivity index (χ1n) is 22.5. The third kappa shape index (κ3) is 42.1. The maximum absolute atomic E-state index is 12.2.